The molecule has 8 heteroatoms. The van der Waals surface area contributed by atoms with E-state index < -0.39 is 0 Å². The van der Waals surface area contributed by atoms with Gasteiger partial charge in [-0.25, -0.2) is 0 Å². The highest BCUT2D eigenvalue weighted by Crippen LogP contribution is 2.26. The molecule has 4 atom stereocenters. The van der Waals surface area contributed by atoms with Crippen LogP contribution >= 0.6 is 0 Å². The molecule has 3 heterocycles. The molecule has 4 N–H and O–H groups in total. The summed E-state index contributed by atoms with van der Waals surface area (Å²) in [5.41, 5.74) is 6.45. The molecule has 0 saturated heterocycles. The van der Waals surface area contributed by atoms with Crippen LogP contribution in [0.5, 0.6) is 11.5 Å². The zero-order valence-electron chi connectivity index (χ0n) is 32.3. The predicted octanol–water partition coefficient (Wildman–Crippen LogP) is 8.64. The van der Waals surface area contributed by atoms with Crippen LogP contribution in [-0.4, -0.2) is 34.1 Å². The lowest BCUT2D eigenvalue weighted by atomic mass is 9.90. The highest BCUT2D eigenvalue weighted by Gasteiger charge is 2.27. The topological polar surface area (TPSA) is 92.4 Å². The predicted molar refractivity (Wildman–Crippen MR) is 224 cm³/mol. The van der Waals surface area contributed by atoms with Crippen LogP contribution in [0.3, 0.4) is 0 Å². The second-order valence-electron chi connectivity index (χ2n) is 15.9. The number of hydrogen-bond donors (Lipinski definition) is 4. The summed E-state index contributed by atoms with van der Waals surface area (Å²) in [6.45, 7) is 3.78. The third-order valence-electron chi connectivity index (χ3n) is 12.1. The molecule has 0 amide bonds. The van der Waals surface area contributed by atoms with Gasteiger partial charge in [-0.1, -0.05) is 111 Å². The zero-order valence-corrected chi connectivity index (χ0v) is 32.3. The molecule has 56 heavy (non-hydrogen) atoms. The van der Waals surface area contributed by atoms with Crippen molar-refractivity contribution in [1.29, 1.82) is 0 Å². The Morgan fingerprint density at radius 3 is 1.14 bits per heavy atom. The smallest absolute Gasteiger partial charge is 0.123 e. The number of nitrogens with zero attached hydrogens (tertiary/aromatic N) is 2. The summed E-state index contributed by atoms with van der Waals surface area (Å²) in [4.78, 5) is 10.4. The maximum Gasteiger partial charge on any atom is 0.123 e. The van der Waals surface area contributed by atoms with Gasteiger partial charge in [-0.15, -0.1) is 0 Å². The Kier molecular flexibility index (Phi) is 11.5. The highest BCUT2D eigenvalue weighted by atomic mass is 16.5. The first-order chi connectivity index (χ1) is 27.7. The van der Waals surface area contributed by atoms with E-state index in [4.69, 9.17) is 19.4 Å². The molecule has 2 aliphatic carbocycles. The summed E-state index contributed by atoms with van der Waals surface area (Å²) in [7, 11) is 0. The SMILES string of the molecule is c1ccc2c(COc3cc4nc(c3)CN[C@@H]3CCCC[C@H]3NCc3cc(OCc5cccc6ccccc56)cc(n3)CN[C@@H]3CCCC[C@H]3NC4)cccc2c1. The molecule has 2 aromatic heterocycles. The summed E-state index contributed by atoms with van der Waals surface area (Å²) in [5.74, 6) is 1.74. The van der Waals surface area contributed by atoms with Crippen molar-refractivity contribution in [3.05, 3.63) is 143 Å². The van der Waals surface area contributed by atoms with Crippen molar-refractivity contribution < 1.29 is 9.47 Å². The van der Waals surface area contributed by atoms with E-state index in [-0.39, 0.29) is 0 Å². The van der Waals surface area contributed by atoms with Gasteiger partial charge in [0, 0.05) is 74.6 Å². The van der Waals surface area contributed by atoms with Crippen molar-refractivity contribution >= 4 is 21.5 Å². The van der Waals surface area contributed by atoms with Crippen molar-refractivity contribution in [2.45, 2.75) is 115 Å². The quantitative estimate of drug-likeness (QED) is 0.135. The van der Waals surface area contributed by atoms with Crippen molar-refractivity contribution in [3.8, 4) is 11.5 Å². The van der Waals surface area contributed by atoms with Crippen LogP contribution in [0, 0.1) is 0 Å². The number of aromatic nitrogens is 2. The van der Waals surface area contributed by atoms with Crippen molar-refractivity contribution in [2.24, 2.45) is 0 Å². The third-order valence-corrected chi connectivity index (χ3v) is 12.1. The Bertz CT molecular complexity index is 2020. The average molecular weight is 747 g/mol. The van der Waals surface area contributed by atoms with Gasteiger partial charge in [-0.2, -0.15) is 0 Å². The fourth-order valence-electron chi connectivity index (χ4n) is 9.11. The summed E-state index contributed by atoms with van der Waals surface area (Å²) < 4.78 is 13.1. The van der Waals surface area contributed by atoms with Crippen LogP contribution in [-0.2, 0) is 39.4 Å². The number of pyridine rings is 2. The van der Waals surface area contributed by atoms with Gasteiger partial charge < -0.3 is 30.7 Å². The van der Waals surface area contributed by atoms with Crippen LogP contribution in [0.2, 0.25) is 0 Å². The molecule has 9 rings (SSSR count). The molecular weight excluding hydrogens is 693 g/mol. The minimum Gasteiger partial charge on any atom is -0.489 e. The second kappa shape index (κ2) is 17.5. The van der Waals surface area contributed by atoms with E-state index in [0.29, 0.717) is 63.6 Å². The molecule has 4 bridgehead atoms. The molecule has 2 fully saturated rings. The van der Waals surface area contributed by atoms with E-state index in [1.54, 1.807) is 0 Å². The number of hydrogen-bond acceptors (Lipinski definition) is 8. The molecule has 0 unspecified atom stereocenters. The summed E-state index contributed by atoms with van der Waals surface area (Å²) in [6.07, 6.45) is 9.40. The highest BCUT2D eigenvalue weighted by molar-refractivity contribution is 5.86. The molecule has 4 aromatic carbocycles. The maximum absolute atomic E-state index is 6.56. The van der Waals surface area contributed by atoms with Gasteiger partial charge in [0.25, 0.3) is 0 Å². The Hall–Kier alpha value is -4.86. The molecule has 3 aliphatic rings. The fourth-order valence-corrected chi connectivity index (χ4v) is 9.11. The standard InChI is InChI=1S/C48H54N6O2/c1-3-17-43-33(11-1)13-9-15-35(43)31-55-41-23-37-27-49-45-19-5-7-21-47(45)51-29-39-25-42(56-32-36-16-10-14-34-12-2-4-18-44(34)36)26-40(54-39)30-52-48-22-8-6-20-46(48)50-28-38(24-41)53-37/h1-4,9-18,23-26,45-52H,5-8,19-22,27-32H2/t45-,46-,47-,48-/m1/s1. The minimum atomic E-state index is 0.334. The van der Waals surface area contributed by atoms with Gasteiger partial charge in [0.1, 0.15) is 24.7 Å². The van der Waals surface area contributed by atoms with E-state index in [2.05, 4.69) is 130 Å². The molecule has 0 spiro atoms. The Morgan fingerprint density at radius 1 is 0.429 bits per heavy atom. The van der Waals surface area contributed by atoms with Gasteiger partial charge in [0.2, 0.25) is 0 Å². The van der Waals surface area contributed by atoms with Gasteiger partial charge >= 0.3 is 0 Å². The first-order valence-electron chi connectivity index (χ1n) is 20.8. The Balaban J connectivity index is 0.961. The zero-order chi connectivity index (χ0) is 37.5. The normalized spacial score (nSPS) is 22.0. The van der Waals surface area contributed by atoms with E-state index in [1.165, 1.54) is 58.4 Å². The first kappa shape index (κ1) is 36.8. The van der Waals surface area contributed by atoms with Crippen molar-refractivity contribution in [3.63, 3.8) is 0 Å². The number of rotatable bonds is 6. The molecular formula is C48H54N6O2. The molecule has 6 aromatic rings. The maximum atomic E-state index is 6.56. The van der Waals surface area contributed by atoms with Crippen molar-refractivity contribution in [2.75, 3.05) is 0 Å². The van der Waals surface area contributed by atoms with E-state index in [1.807, 2.05) is 0 Å². The number of nitrogens with one attached hydrogen (secondary N) is 4. The number of benzene rings is 4. The van der Waals surface area contributed by atoms with Crippen LogP contribution < -0.4 is 30.7 Å². The minimum absolute atomic E-state index is 0.334. The van der Waals surface area contributed by atoms with Crippen LogP contribution in [0.15, 0.2) is 109 Å². The molecule has 288 valence electrons. The average Bonchev–Trinajstić information content (AvgIpc) is 3.25. The first-order valence-corrected chi connectivity index (χ1v) is 20.8. The van der Waals surface area contributed by atoms with Crippen LogP contribution in [0.4, 0.5) is 0 Å². The fraction of sp³-hybridized carbons (Fsp3) is 0.375. The molecule has 2 saturated carbocycles. The number of ether oxygens (including phenoxy) is 2. The second-order valence-corrected chi connectivity index (χ2v) is 15.9. The summed E-state index contributed by atoms with van der Waals surface area (Å²) in [6, 6.07) is 39.8. The van der Waals surface area contributed by atoms with E-state index in [0.717, 1.165) is 60.0 Å². The van der Waals surface area contributed by atoms with Gasteiger partial charge in [0.05, 0.1) is 22.8 Å². The monoisotopic (exact) mass is 746 g/mol. The van der Waals surface area contributed by atoms with Gasteiger partial charge in [-0.05, 0) is 58.4 Å². The van der Waals surface area contributed by atoms with Gasteiger partial charge in [-0.3, -0.25) is 9.97 Å². The molecule has 0 radical (unpaired) electrons. The van der Waals surface area contributed by atoms with Crippen molar-refractivity contribution in [1.82, 2.24) is 31.2 Å². The Labute approximate surface area is 330 Å². The molecule has 8 nitrogen and oxygen atoms in total. The lowest BCUT2D eigenvalue weighted by Crippen LogP contribution is -2.50. The third kappa shape index (κ3) is 8.90. The van der Waals surface area contributed by atoms with Gasteiger partial charge in [0.15, 0.2) is 0 Å². The lowest BCUT2D eigenvalue weighted by Gasteiger charge is -2.34. The van der Waals surface area contributed by atoms with E-state index >= 15 is 0 Å². The Morgan fingerprint density at radius 2 is 0.768 bits per heavy atom. The largest absolute Gasteiger partial charge is 0.489 e. The summed E-state index contributed by atoms with van der Waals surface area (Å²) in [5, 5.41) is 20.6. The lowest BCUT2D eigenvalue weighted by molar-refractivity contribution is 0.274. The molecule has 1 aliphatic heterocycles. The summed E-state index contributed by atoms with van der Waals surface area (Å²) >= 11 is 0. The van der Waals surface area contributed by atoms with Crippen LogP contribution in [0.1, 0.15) is 85.3 Å². The number of fused-ring (bicyclic) bond motifs is 8. The van der Waals surface area contributed by atoms with E-state index in [9.17, 15) is 0 Å². The van der Waals surface area contributed by atoms with Crippen LogP contribution in [0.25, 0.3) is 21.5 Å².